The Labute approximate surface area is 178 Å². The predicted octanol–water partition coefficient (Wildman–Crippen LogP) is 6.30. The fraction of sp³-hybridized carbons (Fsp3) is 0.880. The lowest BCUT2D eigenvalue weighted by atomic mass is 9.81. The molecule has 1 rings (SSSR count). The molecule has 0 saturated heterocycles. The molecule has 0 N–H and O–H groups in total. The second-order valence-electron chi connectivity index (χ2n) is 9.72. The number of ketones is 2. The number of esters is 1. The van der Waals surface area contributed by atoms with Crippen LogP contribution in [0.4, 0.5) is 0 Å². The number of rotatable bonds is 15. The topological polar surface area (TPSA) is 60.4 Å². The monoisotopic (exact) mass is 408 g/mol. The molecule has 0 bridgehead atoms. The second kappa shape index (κ2) is 13.2. The van der Waals surface area contributed by atoms with E-state index in [9.17, 15) is 14.4 Å². The van der Waals surface area contributed by atoms with Crippen LogP contribution in [0.25, 0.3) is 0 Å². The summed E-state index contributed by atoms with van der Waals surface area (Å²) < 4.78 is 4.92. The van der Waals surface area contributed by atoms with Gasteiger partial charge in [0.2, 0.25) is 0 Å². The van der Waals surface area contributed by atoms with Crippen molar-refractivity contribution in [3.05, 3.63) is 0 Å². The van der Waals surface area contributed by atoms with Crippen LogP contribution >= 0.6 is 0 Å². The van der Waals surface area contributed by atoms with E-state index < -0.39 is 11.9 Å². The predicted molar refractivity (Wildman–Crippen MR) is 118 cm³/mol. The number of unbranched alkanes of at least 4 members (excludes halogenated alkanes) is 2. The van der Waals surface area contributed by atoms with Gasteiger partial charge in [0.05, 0.1) is 6.61 Å². The van der Waals surface area contributed by atoms with Gasteiger partial charge in [-0.3, -0.25) is 14.4 Å². The van der Waals surface area contributed by atoms with Crippen LogP contribution in [0.15, 0.2) is 0 Å². The fourth-order valence-corrected chi connectivity index (χ4v) is 4.81. The van der Waals surface area contributed by atoms with E-state index >= 15 is 0 Å². The van der Waals surface area contributed by atoms with Crippen molar-refractivity contribution in [3.63, 3.8) is 0 Å². The molecule has 1 fully saturated rings. The Bertz CT molecular complexity index is 523. The van der Waals surface area contributed by atoms with Gasteiger partial charge in [-0.1, -0.05) is 46.5 Å². The van der Waals surface area contributed by atoms with Crippen LogP contribution < -0.4 is 0 Å². The lowest BCUT2D eigenvalue weighted by molar-refractivity contribution is -0.150. The number of Topliss-reactive ketones (excluding diaryl/α,β-unsaturated/α-hetero) is 2. The highest BCUT2D eigenvalue weighted by atomic mass is 16.5. The molecule has 168 valence electrons. The Hall–Kier alpha value is -1.19. The van der Waals surface area contributed by atoms with E-state index in [0.29, 0.717) is 30.1 Å². The smallest absolute Gasteiger partial charge is 0.316 e. The van der Waals surface area contributed by atoms with Crippen molar-refractivity contribution in [2.45, 2.75) is 112 Å². The Kier molecular flexibility index (Phi) is 11.7. The van der Waals surface area contributed by atoms with Crippen molar-refractivity contribution in [2.75, 3.05) is 6.61 Å². The molecule has 0 aliphatic heterocycles. The van der Waals surface area contributed by atoms with Gasteiger partial charge in [0.25, 0.3) is 0 Å². The van der Waals surface area contributed by atoms with Gasteiger partial charge in [0, 0.05) is 18.8 Å². The van der Waals surface area contributed by atoms with E-state index in [4.69, 9.17) is 4.74 Å². The lowest BCUT2D eigenvalue weighted by Crippen LogP contribution is -2.23. The zero-order valence-corrected chi connectivity index (χ0v) is 19.6. The number of ether oxygens (including phenoxy) is 1. The highest BCUT2D eigenvalue weighted by Crippen LogP contribution is 2.37. The molecule has 0 amide bonds. The molecule has 0 radical (unpaired) electrons. The van der Waals surface area contributed by atoms with Crippen LogP contribution in [0.2, 0.25) is 0 Å². The van der Waals surface area contributed by atoms with E-state index in [1.807, 2.05) is 0 Å². The van der Waals surface area contributed by atoms with Crippen molar-refractivity contribution in [1.29, 1.82) is 0 Å². The van der Waals surface area contributed by atoms with Crippen LogP contribution in [-0.4, -0.2) is 24.1 Å². The molecule has 0 aromatic heterocycles. The summed E-state index contributed by atoms with van der Waals surface area (Å²) in [6.07, 6.45) is 12.1. The first-order valence-corrected chi connectivity index (χ1v) is 11.9. The minimum absolute atomic E-state index is 0.0487. The first-order valence-electron chi connectivity index (χ1n) is 11.9. The van der Waals surface area contributed by atoms with Crippen molar-refractivity contribution in [3.8, 4) is 0 Å². The molecule has 0 spiro atoms. The molecule has 1 saturated carbocycles. The average molecular weight is 409 g/mol. The van der Waals surface area contributed by atoms with E-state index in [1.54, 1.807) is 13.8 Å². The largest absolute Gasteiger partial charge is 0.465 e. The van der Waals surface area contributed by atoms with Crippen LogP contribution in [0.3, 0.4) is 0 Å². The first kappa shape index (κ1) is 25.8. The normalized spacial score (nSPS) is 20.7. The third-order valence-corrected chi connectivity index (χ3v) is 6.66. The second-order valence-corrected chi connectivity index (χ2v) is 9.72. The van der Waals surface area contributed by atoms with Gasteiger partial charge in [-0.2, -0.15) is 0 Å². The summed E-state index contributed by atoms with van der Waals surface area (Å²) >= 11 is 0. The molecular weight excluding hydrogens is 364 g/mol. The summed E-state index contributed by atoms with van der Waals surface area (Å²) in [5, 5.41) is 0. The summed E-state index contributed by atoms with van der Waals surface area (Å²) in [6.45, 7) is 10.7. The minimum atomic E-state index is -0.673. The molecular formula is C25H44O4. The quantitative estimate of drug-likeness (QED) is 0.181. The van der Waals surface area contributed by atoms with Crippen molar-refractivity contribution >= 4 is 17.5 Å². The molecule has 4 heteroatoms. The molecule has 1 aliphatic carbocycles. The summed E-state index contributed by atoms with van der Waals surface area (Å²) in [4.78, 5) is 36.1. The number of carbonyl (C=O) groups is 3. The lowest BCUT2D eigenvalue weighted by Gasteiger charge is -2.24. The maximum Gasteiger partial charge on any atom is 0.316 e. The SMILES string of the molecule is CCCC(C)(C)CCCC[C@H]1CCC(=O)[C@@H]1CCCCC(=O)C(C)C(=O)OCC. The highest BCUT2D eigenvalue weighted by molar-refractivity contribution is 5.98. The molecule has 0 aromatic rings. The molecule has 0 heterocycles. The molecule has 0 aromatic carbocycles. The van der Waals surface area contributed by atoms with Gasteiger partial charge in [-0.05, 0) is 63.7 Å². The van der Waals surface area contributed by atoms with Crippen molar-refractivity contribution < 1.29 is 19.1 Å². The number of carbonyl (C=O) groups excluding carboxylic acids is 3. The van der Waals surface area contributed by atoms with Gasteiger partial charge in [-0.15, -0.1) is 0 Å². The third-order valence-electron chi connectivity index (χ3n) is 6.66. The third kappa shape index (κ3) is 9.44. The van der Waals surface area contributed by atoms with Gasteiger partial charge in [0.1, 0.15) is 17.5 Å². The summed E-state index contributed by atoms with van der Waals surface area (Å²) in [5.74, 6) is 0.000529. The maximum atomic E-state index is 12.3. The zero-order chi connectivity index (χ0) is 21.9. The maximum absolute atomic E-state index is 12.3. The summed E-state index contributed by atoms with van der Waals surface area (Å²) in [5.41, 5.74) is 0.437. The van der Waals surface area contributed by atoms with Crippen LogP contribution in [0.5, 0.6) is 0 Å². The van der Waals surface area contributed by atoms with Gasteiger partial charge < -0.3 is 4.74 Å². The van der Waals surface area contributed by atoms with E-state index in [-0.39, 0.29) is 11.7 Å². The zero-order valence-electron chi connectivity index (χ0n) is 19.6. The minimum Gasteiger partial charge on any atom is -0.465 e. The van der Waals surface area contributed by atoms with Crippen molar-refractivity contribution in [2.24, 2.45) is 23.2 Å². The Morgan fingerprint density at radius 2 is 1.76 bits per heavy atom. The summed E-state index contributed by atoms with van der Waals surface area (Å²) in [6, 6.07) is 0. The Morgan fingerprint density at radius 1 is 1.07 bits per heavy atom. The van der Waals surface area contributed by atoms with Gasteiger partial charge in [-0.25, -0.2) is 0 Å². The van der Waals surface area contributed by atoms with Gasteiger partial charge >= 0.3 is 5.97 Å². The molecule has 29 heavy (non-hydrogen) atoms. The fourth-order valence-electron chi connectivity index (χ4n) is 4.81. The van der Waals surface area contributed by atoms with Crippen LogP contribution in [0, 0.1) is 23.2 Å². The van der Waals surface area contributed by atoms with E-state index in [2.05, 4.69) is 20.8 Å². The molecule has 4 nitrogen and oxygen atoms in total. The summed E-state index contributed by atoms with van der Waals surface area (Å²) in [7, 11) is 0. The highest BCUT2D eigenvalue weighted by Gasteiger charge is 2.33. The van der Waals surface area contributed by atoms with E-state index in [1.165, 1.54) is 32.1 Å². The number of hydrogen-bond acceptors (Lipinski definition) is 4. The average Bonchev–Trinajstić information content (AvgIpc) is 3.01. The van der Waals surface area contributed by atoms with Crippen LogP contribution in [-0.2, 0) is 19.1 Å². The molecule has 3 atom stereocenters. The van der Waals surface area contributed by atoms with E-state index in [0.717, 1.165) is 38.5 Å². The number of hydrogen-bond donors (Lipinski definition) is 0. The standard InChI is InChI=1S/C25H44O4/c1-6-17-25(4,5)18-11-10-12-20-15-16-23(27)21(20)13-8-9-14-22(26)19(3)24(28)29-7-2/h19-21H,6-18H2,1-5H3/t19?,20-,21+/m0/s1. The Balaban J connectivity index is 2.30. The van der Waals surface area contributed by atoms with Crippen molar-refractivity contribution in [1.82, 2.24) is 0 Å². The molecule has 1 aliphatic rings. The Morgan fingerprint density at radius 3 is 2.41 bits per heavy atom. The van der Waals surface area contributed by atoms with Gasteiger partial charge in [0.15, 0.2) is 0 Å². The molecule has 1 unspecified atom stereocenters. The van der Waals surface area contributed by atoms with Crippen LogP contribution in [0.1, 0.15) is 112 Å². The first-order chi connectivity index (χ1) is 13.7.